The van der Waals surface area contributed by atoms with E-state index in [2.05, 4.69) is 77.7 Å². The zero-order chi connectivity index (χ0) is 33.9. The largest absolute Gasteiger partial charge is 0.444 e. The zero-order valence-corrected chi connectivity index (χ0v) is 30.9. The molecule has 0 aliphatic carbocycles. The van der Waals surface area contributed by atoms with E-state index in [0.29, 0.717) is 27.9 Å². The number of carbonyl (C=O) groups excluding carboxylic acids is 2. The Hall–Kier alpha value is -2.89. The van der Waals surface area contributed by atoms with Crippen molar-refractivity contribution in [1.82, 2.24) is 24.6 Å². The van der Waals surface area contributed by atoms with Gasteiger partial charge in [-0.1, -0.05) is 38.4 Å². The van der Waals surface area contributed by atoms with Gasteiger partial charge in [-0.05, 0) is 123 Å². The topological polar surface area (TPSA) is 109 Å². The Kier molecular flexibility index (Phi) is 11.3. The van der Waals surface area contributed by atoms with Gasteiger partial charge >= 0.3 is 6.09 Å². The molecule has 12 heteroatoms. The van der Waals surface area contributed by atoms with E-state index in [-0.39, 0.29) is 39.7 Å². The first-order valence-electron chi connectivity index (χ1n) is 15.4. The van der Waals surface area contributed by atoms with E-state index >= 15 is 0 Å². The number of rotatable bonds is 9. The van der Waals surface area contributed by atoms with Crippen LogP contribution in [-0.2, 0) is 10.2 Å². The monoisotopic (exact) mass is 730 g/mol. The summed E-state index contributed by atoms with van der Waals surface area (Å²) in [7, 11) is 0. The van der Waals surface area contributed by atoms with Crippen molar-refractivity contribution in [3.05, 3.63) is 75.2 Å². The molecular formula is C34H44BrClN6O3S. The van der Waals surface area contributed by atoms with Crippen LogP contribution in [0.3, 0.4) is 0 Å². The smallest absolute Gasteiger partial charge is 0.410 e. The predicted molar refractivity (Wildman–Crippen MR) is 188 cm³/mol. The van der Waals surface area contributed by atoms with Gasteiger partial charge in [0.2, 0.25) is 0 Å². The number of likely N-dealkylation sites (tertiary alicyclic amines) is 1. The number of halogens is 2. The normalized spacial score (nSPS) is 17.0. The standard InChI is InChI=1S/C34H44BrClN6O3S/c1-32(2,3)22-16-17-37-25(18-22)24(14-12-21-19-34(7,8)42(20-21)31(44)45-33(4,5)6)38-27-10-9-11-28(40-27)46-41-30(43)23-13-15-26(35)39-29(23)36/h9-11,13,15-18,21,24H,12,14,19-20H2,1-8H3,(H,38,40)(H,41,43)/t21-,24?/m0/s1. The molecule has 9 nitrogen and oxygen atoms in total. The van der Waals surface area contributed by atoms with E-state index < -0.39 is 5.60 Å². The van der Waals surface area contributed by atoms with Gasteiger partial charge in [-0.3, -0.25) is 14.5 Å². The number of aromatic nitrogens is 3. The summed E-state index contributed by atoms with van der Waals surface area (Å²) >= 11 is 10.5. The summed E-state index contributed by atoms with van der Waals surface area (Å²) in [5, 5.41) is 4.34. The third-order valence-electron chi connectivity index (χ3n) is 7.79. The molecule has 1 aliphatic rings. The van der Waals surface area contributed by atoms with Gasteiger partial charge in [0.05, 0.1) is 17.3 Å². The van der Waals surface area contributed by atoms with Crippen molar-refractivity contribution in [2.24, 2.45) is 5.92 Å². The van der Waals surface area contributed by atoms with Crippen LogP contribution in [-0.4, -0.2) is 49.5 Å². The summed E-state index contributed by atoms with van der Waals surface area (Å²) in [5.74, 6) is 0.608. The molecule has 4 rings (SSSR count). The van der Waals surface area contributed by atoms with Crippen molar-refractivity contribution in [3.63, 3.8) is 0 Å². The van der Waals surface area contributed by atoms with Crippen molar-refractivity contribution in [1.29, 1.82) is 0 Å². The number of nitrogens with one attached hydrogen (secondary N) is 2. The average molecular weight is 732 g/mol. The van der Waals surface area contributed by atoms with Gasteiger partial charge in [0.25, 0.3) is 5.91 Å². The number of pyridine rings is 3. The maximum Gasteiger partial charge on any atom is 0.410 e. The van der Waals surface area contributed by atoms with E-state index in [9.17, 15) is 9.59 Å². The lowest BCUT2D eigenvalue weighted by atomic mass is 9.86. The second-order valence-electron chi connectivity index (χ2n) is 14.3. The molecule has 2 amide bonds. The minimum atomic E-state index is -0.546. The van der Waals surface area contributed by atoms with Crippen LogP contribution in [0.4, 0.5) is 10.6 Å². The molecule has 0 saturated carbocycles. The Labute approximate surface area is 290 Å². The molecule has 1 fully saturated rings. The van der Waals surface area contributed by atoms with E-state index in [1.165, 1.54) is 5.56 Å². The van der Waals surface area contributed by atoms with Crippen LogP contribution < -0.4 is 10.0 Å². The second-order valence-corrected chi connectivity index (χ2v) is 16.3. The van der Waals surface area contributed by atoms with E-state index in [0.717, 1.165) is 36.9 Å². The first-order chi connectivity index (χ1) is 21.4. The highest BCUT2D eigenvalue weighted by Gasteiger charge is 2.43. The molecule has 1 unspecified atom stereocenters. The summed E-state index contributed by atoms with van der Waals surface area (Å²) in [5.41, 5.74) is 1.52. The first kappa shape index (κ1) is 36.0. The lowest BCUT2D eigenvalue weighted by Gasteiger charge is -2.33. The van der Waals surface area contributed by atoms with Gasteiger partial charge in [-0.2, -0.15) is 0 Å². The van der Waals surface area contributed by atoms with Crippen LogP contribution in [0.5, 0.6) is 0 Å². The number of amides is 2. The van der Waals surface area contributed by atoms with Crippen LogP contribution in [0.2, 0.25) is 5.15 Å². The highest BCUT2D eigenvalue weighted by Crippen LogP contribution is 2.38. The summed E-state index contributed by atoms with van der Waals surface area (Å²) in [4.78, 5) is 41.3. The Balaban J connectivity index is 1.50. The molecule has 3 aromatic heterocycles. The molecule has 2 N–H and O–H groups in total. The van der Waals surface area contributed by atoms with Crippen LogP contribution in [0, 0.1) is 5.92 Å². The number of anilines is 1. The molecule has 1 aliphatic heterocycles. The lowest BCUT2D eigenvalue weighted by Crippen LogP contribution is -2.45. The van der Waals surface area contributed by atoms with Crippen molar-refractivity contribution < 1.29 is 14.3 Å². The Bertz CT molecular complexity index is 1560. The zero-order valence-electron chi connectivity index (χ0n) is 27.8. The molecule has 0 radical (unpaired) electrons. The highest BCUT2D eigenvalue weighted by atomic mass is 79.9. The molecule has 0 spiro atoms. The minimum absolute atomic E-state index is 0.0358. The van der Waals surface area contributed by atoms with Gasteiger partial charge in [-0.25, -0.2) is 14.8 Å². The Morgan fingerprint density at radius 3 is 2.54 bits per heavy atom. The van der Waals surface area contributed by atoms with Crippen LogP contribution in [0.15, 0.2) is 58.3 Å². The van der Waals surface area contributed by atoms with Crippen LogP contribution in [0.1, 0.15) is 102 Å². The minimum Gasteiger partial charge on any atom is -0.444 e. The third-order valence-corrected chi connectivity index (χ3v) is 9.25. The highest BCUT2D eigenvalue weighted by molar-refractivity contribution is 9.10. The van der Waals surface area contributed by atoms with E-state index in [4.69, 9.17) is 26.3 Å². The maximum absolute atomic E-state index is 13.0. The first-order valence-corrected chi connectivity index (χ1v) is 17.4. The van der Waals surface area contributed by atoms with Gasteiger partial charge in [0, 0.05) is 30.2 Å². The number of ether oxygens (including phenoxy) is 1. The van der Waals surface area contributed by atoms with Gasteiger partial charge in [0.15, 0.2) is 0 Å². The lowest BCUT2D eigenvalue weighted by molar-refractivity contribution is 0.0130. The fraction of sp³-hybridized carbons (Fsp3) is 0.500. The van der Waals surface area contributed by atoms with Crippen molar-refractivity contribution in [3.8, 4) is 0 Å². The molecule has 2 atom stereocenters. The average Bonchev–Trinajstić information content (AvgIpc) is 3.27. The maximum atomic E-state index is 13.0. The Morgan fingerprint density at radius 1 is 1.13 bits per heavy atom. The number of hydrogen-bond donors (Lipinski definition) is 2. The van der Waals surface area contributed by atoms with Crippen molar-refractivity contribution in [2.75, 3.05) is 11.9 Å². The summed E-state index contributed by atoms with van der Waals surface area (Å²) in [6, 6.07) is 13.0. The number of carbonyl (C=O) groups is 2. The molecule has 3 aromatic rings. The summed E-state index contributed by atoms with van der Waals surface area (Å²) in [6.45, 7) is 17.1. The molecule has 248 valence electrons. The van der Waals surface area contributed by atoms with Gasteiger partial charge < -0.3 is 15.0 Å². The molecule has 4 heterocycles. The number of nitrogens with zero attached hydrogens (tertiary/aromatic N) is 4. The summed E-state index contributed by atoms with van der Waals surface area (Å²) < 4.78 is 9.08. The molecule has 0 bridgehead atoms. The molecule has 46 heavy (non-hydrogen) atoms. The van der Waals surface area contributed by atoms with E-state index in [1.54, 1.807) is 12.1 Å². The van der Waals surface area contributed by atoms with Crippen LogP contribution >= 0.6 is 39.5 Å². The van der Waals surface area contributed by atoms with Crippen LogP contribution in [0.25, 0.3) is 0 Å². The molecule has 0 aromatic carbocycles. The SMILES string of the molecule is CC(C)(C)OC(=O)N1C[C@@H](CCC(Nc2cccc(SNC(=O)c3ccc(Br)nc3Cl)n2)c2cc(C(C)(C)C)ccn2)CC1(C)C. The third kappa shape index (κ3) is 9.81. The van der Waals surface area contributed by atoms with Gasteiger partial charge in [0.1, 0.15) is 26.2 Å². The summed E-state index contributed by atoms with van der Waals surface area (Å²) in [6.07, 6.45) is 4.16. The van der Waals surface area contributed by atoms with Crippen molar-refractivity contribution >= 4 is 57.3 Å². The molecular weight excluding hydrogens is 688 g/mol. The fourth-order valence-corrected chi connectivity index (χ4v) is 6.74. The second kappa shape index (κ2) is 14.5. The van der Waals surface area contributed by atoms with Crippen molar-refractivity contribution in [2.45, 2.75) is 102 Å². The van der Waals surface area contributed by atoms with E-state index in [1.807, 2.05) is 50.1 Å². The predicted octanol–water partition coefficient (Wildman–Crippen LogP) is 8.99. The number of hydrogen-bond acceptors (Lipinski definition) is 8. The fourth-order valence-electron chi connectivity index (χ4n) is 5.49. The quantitative estimate of drug-likeness (QED) is 0.166. The Morgan fingerprint density at radius 2 is 1.87 bits per heavy atom. The van der Waals surface area contributed by atoms with Gasteiger partial charge in [-0.15, -0.1) is 0 Å². The molecule has 1 saturated heterocycles.